The zero-order valence-corrected chi connectivity index (χ0v) is 8.91. The van der Waals surface area contributed by atoms with Gasteiger partial charge in [-0.3, -0.25) is 0 Å². The molecule has 3 N–H and O–H groups in total. The van der Waals surface area contributed by atoms with Gasteiger partial charge >= 0.3 is 0 Å². The van der Waals surface area contributed by atoms with Gasteiger partial charge in [0.2, 0.25) is 0 Å². The predicted octanol–water partition coefficient (Wildman–Crippen LogP) is 0.740. The number of aliphatic hydroxyl groups excluding tert-OH is 1. The van der Waals surface area contributed by atoms with Gasteiger partial charge in [0.05, 0.1) is 0 Å². The molecule has 1 rings (SSSR count). The number of aliphatic hydroxyl groups is 1. The van der Waals surface area contributed by atoms with Crippen LogP contribution in [0.15, 0.2) is 11.6 Å². The van der Waals surface area contributed by atoms with Crippen molar-refractivity contribution in [2.45, 2.75) is 25.7 Å². The van der Waals surface area contributed by atoms with Gasteiger partial charge in [0.25, 0.3) is 0 Å². The Kier molecular flexibility index (Phi) is 5.83. The summed E-state index contributed by atoms with van der Waals surface area (Å²) in [5.74, 6) is 0. The quantitative estimate of drug-likeness (QED) is 0.641. The molecule has 0 aromatic carbocycles. The van der Waals surface area contributed by atoms with E-state index in [9.17, 15) is 0 Å². The number of hydrogen-bond acceptors (Lipinski definition) is 3. The van der Waals surface area contributed by atoms with Crippen LogP contribution in [0.5, 0.6) is 0 Å². The summed E-state index contributed by atoms with van der Waals surface area (Å²) in [5.41, 5.74) is 7.05. The summed E-state index contributed by atoms with van der Waals surface area (Å²) in [5, 5.41) is 8.75. The van der Waals surface area contributed by atoms with Crippen LogP contribution in [-0.4, -0.2) is 42.8 Å². The van der Waals surface area contributed by atoms with Crippen LogP contribution in [0.25, 0.3) is 0 Å². The number of nitrogens with two attached hydrogens (primary N) is 1. The van der Waals surface area contributed by atoms with Crippen LogP contribution in [0.1, 0.15) is 25.7 Å². The Morgan fingerprint density at radius 1 is 1.43 bits per heavy atom. The fraction of sp³-hybridized carbons (Fsp3) is 0.818. The van der Waals surface area contributed by atoms with Crippen LogP contribution in [-0.2, 0) is 0 Å². The molecule has 3 nitrogen and oxygen atoms in total. The van der Waals surface area contributed by atoms with Gasteiger partial charge in [-0.1, -0.05) is 11.6 Å². The minimum absolute atomic E-state index is 0.309. The lowest BCUT2D eigenvalue weighted by Gasteiger charge is -2.18. The van der Waals surface area contributed by atoms with E-state index >= 15 is 0 Å². The first-order valence-corrected chi connectivity index (χ1v) is 5.58. The summed E-state index contributed by atoms with van der Waals surface area (Å²) in [7, 11) is 0. The topological polar surface area (TPSA) is 49.5 Å². The third kappa shape index (κ3) is 4.22. The van der Waals surface area contributed by atoms with E-state index in [-0.39, 0.29) is 0 Å². The maximum Gasteiger partial charge on any atom is 0.0434 e. The number of rotatable bonds is 5. The molecule has 82 valence electrons. The average molecular weight is 198 g/mol. The summed E-state index contributed by atoms with van der Waals surface area (Å²) >= 11 is 0. The van der Waals surface area contributed by atoms with Gasteiger partial charge < -0.3 is 15.7 Å². The summed E-state index contributed by atoms with van der Waals surface area (Å²) < 4.78 is 0. The molecule has 0 saturated carbocycles. The molecule has 0 radical (unpaired) electrons. The SMILES string of the molecule is NCCN1CCC=C(CCCO)CC1. The molecule has 0 aliphatic carbocycles. The second-order valence-electron chi connectivity index (χ2n) is 3.86. The summed E-state index contributed by atoms with van der Waals surface area (Å²) in [6.07, 6.45) is 6.60. The monoisotopic (exact) mass is 198 g/mol. The van der Waals surface area contributed by atoms with Gasteiger partial charge in [-0.15, -0.1) is 0 Å². The molecule has 1 heterocycles. The van der Waals surface area contributed by atoms with E-state index in [1.807, 2.05) is 0 Å². The molecule has 3 heteroatoms. The van der Waals surface area contributed by atoms with E-state index in [1.54, 1.807) is 0 Å². The molecule has 0 aromatic heterocycles. The molecule has 0 aromatic rings. The van der Waals surface area contributed by atoms with E-state index in [4.69, 9.17) is 10.8 Å². The van der Waals surface area contributed by atoms with Crippen LogP contribution in [0.2, 0.25) is 0 Å². The summed E-state index contributed by atoms with van der Waals surface area (Å²) in [6, 6.07) is 0. The molecule has 0 fully saturated rings. The van der Waals surface area contributed by atoms with E-state index in [1.165, 1.54) is 5.57 Å². The average Bonchev–Trinajstić information content (AvgIpc) is 2.41. The Balaban J connectivity index is 2.26. The van der Waals surface area contributed by atoms with E-state index in [2.05, 4.69) is 11.0 Å². The molecule has 0 amide bonds. The van der Waals surface area contributed by atoms with Crippen molar-refractivity contribution in [3.8, 4) is 0 Å². The van der Waals surface area contributed by atoms with Crippen LogP contribution in [0.4, 0.5) is 0 Å². The van der Waals surface area contributed by atoms with Crippen molar-refractivity contribution in [3.05, 3.63) is 11.6 Å². The zero-order chi connectivity index (χ0) is 10.2. The normalized spacial score (nSPS) is 19.1. The van der Waals surface area contributed by atoms with Crippen molar-refractivity contribution in [1.82, 2.24) is 4.90 Å². The van der Waals surface area contributed by atoms with Gasteiger partial charge in [-0.2, -0.15) is 0 Å². The van der Waals surface area contributed by atoms with Crippen LogP contribution in [0, 0.1) is 0 Å². The minimum atomic E-state index is 0.309. The van der Waals surface area contributed by atoms with E-state index in [0.29, 0.717) is 6.61 Å². The highest BCUT2D eigenvalue weighted by Crippen LogP contribution is 2.15. The molecule has 0 spiro atoms. The molecule has 14 heavy (non-hydrogen) atoms. The van der Waals surface area contributed by atoms with Crippen LogP contribution < -0.4 is 5.73 Å². The Bertz CT molecular complexity index is 180. The molecular formula is C11H22N2O. The molecule has 0 unspecified atom stereocenters. The van der Waals surface area contributed by atoms with Crippen LogP contribution >= 0.6 is 0 Å². The molecule has 1 aliphatic heterocycles. The van der Waals surface area contributed by atoms with Crippen molar-refractivity contribution < 1.29 is 5.11 Å². The lowest BCUT2D eigenvalue weighted by atomic mass is 10.1. The molecule has 0 atom stereocenters. The lowest BCUT2D eigenvalue weighted by molar-refractivity contribution is 0.284. The lowest BCUT2D eigenvalue weighted by Crippen LogP contribution is -2.30. The smallest absolute Gasteiger partial charge is 0.0434 e. The van der Waals surface area contributed by atoms with Gasteiger partial charge in [-0.25, -0.2) is 0 Å². The Morgan fingerprint density at radius 2 is 2.29 bits per heavy atom. The number of hydrogen-bond donors (Lipinski definition) is 2. The fourth-order valence-corrected chi connectivity index (χ4v) is 1.91. The second-order valence-corrected chi connectivity index (χ2v) is 3.86. The van der Waals surface area contributed by atoms with Gasteiger partial charge in [-0.05, 0) is 25.7 Å². The Hall–Kier alpha value is -0.380. The summed E-state index contributed by atoms with van der Waals surface area (Å²) in [4.78, 5) is 2.42. The third-order valence-electron chi connectivity index (χ3n) is 2.73. The van der Waals surface area contributed by atoms with Crippen molar-refractivity contribution in [1.29, 1.82) is 0 Å². The first-order chi connectivity index (χ1) is 6.86. The highest BCUT2D eigenvalue weighted by atomic mass is 16.2. The number of nitrogens with zero attached hydrogens (tertiary/aromatic N) is 1. The van der Waals surface area contributed by atoms with Crippen LogP contribution in [0.3, 0.4) is 0 Å². The molecular weight excluding hydrogens is 176 g/mol. The van der Waals surface area contributed by atoms with Gasteiger partial charge in [0.1, 0.15) is 0 Å². The van der Waals surface area contributed by atoms with Crippen molar-refractivity contribution >= 4 is 0 Å². The highest BCUT2D eigenvalue weighted by molar-refractivity contribution is 5.04. The standard InChI is InChI=1S/C11H22N2O/c12-6-9-13-7-1-3-11(5-8-13)4-2-10-14/h3,14H,1-2,4-10,12H2. The third-order valence-corrected chi connectivity index (χ3v) is 2.73. The molecule has 1 aliphatic rings. The fourth-order valence-electron chi connectivity index (χ4n) is 1.91. The maximum atomic E-state index is 8.75. The highest BCUT2D eigenvalue weighted by Gasteiger charge is 2.08. The Labute approximate surface area is 86.6 Å². The predicted molar refractivity (Wildman–Crippen MR) is 59.1 cm³/mol. The minimum Gasteiger partial charge on any atom is -0.396 e. The summed E-state index contributed by atoms with van der Waals surface area (Å²) in [6.45, 7) is 4.35. The Morgan fingerprint density at radius 3 is 3.00 bits per heavy atom. The van der Waals surface area contributed by atoms with Gasteiger partial charge in [0.15, 0.2) is 0 Å². The first kappa shape index (κ1) is 11.7. The largest absolute Gasteiger partial charge is 0.396 e. The van der Waals surface area contributed by atoms with Gasteiger partial charge in [0, 0.05) is 32.8 Å². The molecule has 0 bridgehead atoms. The van der Waals surface area contributed by atoms with E-state index < -0.39 is 0 Å². The van der Waals surface area contributed by atoms with Crippen molar-refractivity contribution in [3.63, 3.8) is 0 Å². The maximum absolute atomic E-state index is 8.75. The second kappa shape index (κ2) is 6.98. The first-order valence-electron chi connectivity index (χ1n) is 5.58. The van der Waals surface area contributed by atoms with Crippen molar-refractivity contribution in [2.24, 2.45) is 5.73 Å². The molecule has 0 saturated heterocycles. The van der Waals surface area contributed by atoms with E-state index in [0.717, 1.165) is 51.9 Å². The van der Waals surface area contributed by atoms with Crippen molar-refractivity contribution in [2.75, 3.05) is 32.8 Å². The zero-order valence-electron chi connectivity index (χ0n) is 8.91.